The van der Waals surface area contributed by atoms with Gasteiger partial charge in [-0.2, -0.15) is 0 Å². The van der Waals surface area contributed by atoms with Crippen LogP contribution in [0.4, 0.5) is 0 Å². The normalized spacial score (nSPS) is 24.2. The Bertz CT molecular complexity index is 147. The van der Waals surface area contributed by atoms with E-state index < -0.39 is 0 Å². The molecule has 0 aromatic rings. The fourth-order valence-electron chi connectivity index (χ4n) is 1.70. The van der Waals surface area contributed by atoms with Crippen molar-refractivity contribution >= 4 is 5.91 Å². The van der Waals surface area contributed by atoms with E-state index in [1.54, 1.807) is 6.92 Å². The SMILES string of the molecule is CNC[C@H]1CCCN1C(C)=O. The molecule has 1 aliphatic rings. The number of nitrogens with zero attached hydrogens (tertiary/aromatic N) is 1. The first kappa shape index (κ1) is 8.53. The second-order valence-corrected chi connectivity index (χ2v) is 3.07. The van der Waals surface area contributed by atoms with Crippen LogP contribution in [0, 0.1) is 0 Å². The molecule has 0 aliphatic carbocycles. The Labute approximate surface area is 67.8 Å². The number of nitrogens with one attached hydrogen (secondary N) is 1. The molecule has 11 heavy (non-hydrogen) atoms. The summed E-state index contributed by atoms with van der Waals surface area (Å²) in [5.41, 5.74) is 0. The minimum Gasteiger partial charge on any atom is -0.339 e. The fourth-order valence-corrected chi connectivity index (χ4v) is 1.70. The molecule has 1 fully saturated rings. The Morgan fingerprint density at radius 3 is 3.00 bits per heavy atom. The lowest BCUT2D eigenvalue weighted by atomic mass is 10.2. The van der Waals surface area contributed by atoms with Crippen LogP contribution in [0.2, 0.25) is 0 Å². The summed E-state index contributed by atoms with van der Waals surface area (Å²) in [6, 6.07) is 0.442. The summed E-state index contributed by atoms with van der Waals surface area (Å²) in [7, 11) is 1.93. The quantitative estimate of drug-likeness (QED) is 0.620. The van der Waals surface area contributed by atoms with Gasteiger partial charge in [-0.1, -0.05) is 0 Å². The van der Waals surface area contributed by atoms with Gasteiger partial charge in [0.05, 0.1) is 0 Å². The third-order valence-corrected chi connectivity index (χ3v) is 2.22. The summed E-state index contributed by atoms with van der Waals surface area (Å²) in [6.45, 7) is 3.52. The van der Waals surface area contributed by atoms with Crippen LogP contribution in [0.25, 0.3) is 0 Å². The lowest BCUT2D eigenvalue weighted by Crippen LogP contribution is -2.39. The molecule has 3 nitrogen and oxygen atoms in total. The zero-order chi connectivity index (χ0) is 8.27. The molecule has 1 N–H and O–H groups in total. The van der Waals surface area contributed by atoms with Crippen LogP contribution in [-0.4, -0.2) is 37.0 Å². The number of rotatable bonds is 2. The van der Waals surface area contributed by atoms with Gasteiger partial charge in [-0.05, 0) is 19.9 Å². The maximum atomic E-state index is 11.0. The molecule has 1 atom stereocenters. The van der Waals surface area contributed by atoms with E-state index in [4.69, 9.17) is 0 Å². The summed E-state index contributed by atoms with van der Waals surface area (Å²) in [5.74, 6) is 0.211. The average Bonchev–Trinajstić information content (AvgIpc) is 2.36. The molecular weight excluding hydrogens is 140 g/mol. The molecule has 0 saturated carbocycles. The molecule has 1 amide bonds. The van der Waals surface area contributed by atoms with Crippen LogP contribution in [0.15, 0.2) is 0 Å². The number of hydrogen-bond acceptors (Lipinski definition) is 2. The van der Waals surface area contributed by atoms with Crippen molar-refractivity contribution in [2.45, 2.75) is 25.8 Å². The number of hydrogen-bond donors (Lipinski definition) is 1. The van der Waals surface area contributed by atoms with E-state index in [9.17, 15) is 4.79 Å². The Balaban J connectivity index is 2.44. The molecule has 0 spiro atoms. The predicted molar refractivity (Wildman–Crippen MR) is 44.3 cm³/mol. The van der Waals surface area contributed by atoms with Crippen LogP contribution in [0.5, 0.6) is 0 Å². The first-order valence-corrected chi connectivity index (χ1v) is 4.17. The summed E-state index contributed by atoms with van der Waals surface area (Å²) in [5, 5.41) is 3.10. The van der Waals surface area contributed by atoms with E-state index in [0.717, 1.165) is 25.9 Å². The van der Waals surface area contributed by atoms with Gasteiger partial charge in [-0.25, -0.2) is 0 Å². The van der Waals surface area contributed by atoms with Crippen molar-refractivity contribution in [3.63, 3.8) is 0 Å². The van der Waals surface area contributed by atoms with Crippen LogP contribution in [-0.2, 0) is 4.79 Å². The molecule has 1 rings (SSSR count). The molecular formula is C8H16N2O. The summed E-state index contributed by atoms with van der Waals surface area (Å²) >= 11 is 0. The third kappa shape index (κ3) is 1.93. The summed E-state index contributed by atoms with van der Waals surface area (Å²) < 4.78 is 0. The second-order valence-electron chi connectivity index (χ2n) is 3.07. The van der Waals surface area contributed by atoms with E-state index >= 15 is 0 Å². The number of likely N-dealkylation sites (tertiary alicyclic amines) is 1. The van der Waals surface area contributed by atoms with Crippen LogP contribution in [0.1, 0.15) is 19.8 Å². The summed E-state index contributed by atoms with van der Waals surface area (Å²) in [6.07, 6.45) is 2.31. The van der Waals surface area contributed by atoms with Crippen molar-refractivity contribution < 1.29 is 4.79 Å². The van der Waals surface area contributed by atoms with Crippen LogP contribution in [0.3, 0.4) is 0 Å². The van der Waals surface area contributed by atoms with Gasteiger partial charge in [0.2, 0.25) is 5.91 Å². The third-order valence-electron chi connectivity index (χ3n) is 2.22. The van der Waals surface area contributed by atoms with Gasteiger partial charge >= 0.3 is 0 Å². The fraction of sp³-hybridized carbons (Fsp3) is 0.875. The second kappa shape index (κ2) is 3.72. The maximum absolute atomic E-state index is 11.0. The van der Waals surface area contributed by atoms with Crippen molar-refractivity contribution in [2.75, 3.05) is 20.1 Å². The molecule has 1 saturated heterocycles. The van der Waals surface area contributed by atoms with Gasteiger partial charge in [-0.15, -0.1) is 0 Å². The minimum absolute atomic E-state index is 0.211. The van der Waals surface area contributed by atoms with E-state index in [2.05, 4.69) is 5.32 Å². The molecule has 0 bridgehead atoms. The lowest BCUT2D eigenvalue weighted by molar-refractivity contribution is -0.129. The minimum atomic E-state index is 0.211. The number of amides is 1. The zero-order valence-electron chi connectivity index (χ0n) is 7.26. The van der Waals surface area contributed by atoms with Gasteiger partial charge in [0, 0.05) is 26.1 Å². The molecule has 1 aliphatic heterocycles. The number of carbonyl (C=O) groups excluding carboxylic acids is 1. The van der Waals surface area contributed by atoms with Gasteiger partial charge in [0.1, 0.15) is 0 Å². The van der Waals surface area contributed by atoms with Crippen molar-refractivity contribution in [1.29, 1.82) is 0 Å². The smallest absolute Gasteiger partial charge is 0.219 e. The van der Waals surface area contributed by atoms with Crippen molar-refractivity contribution in [3.8, 4) is 0 Å². The standard InChI is InChI=1S/C8H16N2O/c1-7(11)10-5-3-4-8(10)6-9-2/h8-9H,3-6H2,1-2H3/t8-/m1/s1. The van der Waals surface area contributed by atoms with Crippen LogP contribution < -0.4 is 5.32 Å². The molecule has 64 valence electrons. The van der Waals surface area contributed by atoms with Crippen molar-refractivity contribution in [2.24, 2.45) is 0 Å². The van der Waals surface area contributed by atoms with E-state index in [1.807, 2.05) is 11.9 Å². The molecule has 3 heteroatoms. The highest BCUT2D eigenvalue weighted by Crippen LogP contribution is 2.15. The topological polar surface area (TPSA) is 32.3 Å². The average molecular weight is 156 g/mol. The van der Waals surface area contributed by atoms with Gasteiger partial charge in [0.15, 0.2) is 0 Å². The highest BCUT2D eigenvalue weighted by Gasteiger charge is 2.25. The Morgan fingerprint density at radius 2 is 2.45 bits per heavy atom. The monoisotopic (exact) mass is 156 g/mol. The van der Waals surface area contributed by atoms with Gasteiger partial charge in [0.25, 0.3) is 0 Å². The first-order valence-electron chi connectivity index (χ1n) is 4.17. The molecule has 0 aromatic carbocycles. The maximum Gasteiger partial charge on any atom is 0.219 e. The van der Waals surface area contributed by atoms with Gasteiger partial charge < -0.3 is 10.2 Å². The van der Waals surface area contributed by atoms with Crippen molar-refractivity contribution in [3.05, 3.63) is 0 Å². The molecule has 0 aromatic heterocycles. The zero-order valence-corrected chi connectivity index (χ0v) is 7.26. The largest absolute Gasteiger partial charge is 0.339 e. The Morgan fingerprint density at radius 1 is 1.73 bits per heavy atom. The first-order chi connectivity index (χ1) is 5.25. The molecule has 0 unspecified atom stereocenters. The Kier molecular flexibility index (Phi) is 2.88. The highest BCUT2D eigenvalue weighted by molar-refractivity contribution is 5.73. The van der Waals surface area contributed by atoms with E-state index in [1.165, 1.54) is 0 Å². The highest BCUT2D eigenvalue weighted by atomic mass is 16.2. The number of likely N-dealkylation sites (N-methyl/N-ethyl adjacent to an activating group) is 1. The Hall–Kier alpha value is -0.570. The van der Waals surface area contributed by atoms with E-state index in [-0.39, 0.29) is 5.91 Å². The number of carbonyl (C=O) groups is 1. The predicted octanol–water partition coefficient (Wildman–Crippen LogP) is 0.217. The van der Waals surface area contributed by atoms with E-state index in [0.29, 0.717) is 6.04 Å². The molecule has 0 radical (unpaired) electrons. The van der Waals surface area contributed by atoms with Crippen LogP contribution >= 0.6 is 0 Å². The summed E-state index contributed by atoms with van der Waals surface area (Å²) in [4.78, 5) is 13.0. The van der Waals surface area contributed by atoms with Gasteiger partial charge in [-0.3, -0.25) is 4.79 Å². The lowest BCUT2D eigenvalue weighted by Gasteiger charge is -2.22. The van der Waals surface area contributed by atoms with Crippen molar-refractivity contribution in [1.82, 2.24) is 10.2 Å². The molecule has 1 heterocycles.